The summed E-state index contributed by atoms with van der Waals surface area (Å²) in [5.41, 5.74) is 0. The molecule has 0 saturated heterocycles. The number of nitrogens with zero attached hydrogens (tertiary/aromatic N) is 1. The van der Waals surface area contributed by atoms with E-state index in [1.165, 1.54) is 19.3 Å². The Morgan fingerprint density at radius 2 is 1.47 bits per heavy atom. The Hall–Kier alpha value is 0.310. The van der Waals surface area contributed by atoms with E-state index in [1.807, 2.05) is 0 Å². The number of hydrogen-bond acceptors (Lipinski definition) is 3. The highest BCUT2D eigenvalue weighted by Gasteiger charge is 2.25. The average Bonchev–Trinajstić information content (AvgIpc) is 2.30. The average molecular weight is 291 g/mol. The summed E-state index contributed by atoms with van der Waals surface area (Å²) in [7, 11) is 0.851. The third kappa shape index (κ3) is 8.96. The molecule has 0 aromatic carbocycles. The maximum Gasteiger partial charge on any atom is 0.258 e. The van der Waals surface area contributed by atoms with Crippen molar-refractivity contribution in [2.24, 2.45) is 5.92 Å². The molecule has 0 heterocycles. The van der Waals surface area contributed by atoms with E-state index in [0.29, 0.717) is 12.1 Å². The van der Waals surface area contributed by atoms with Gasteiger partial charge in [0, 0.05) is 19.2 Å². The molecule has 0 amide bonds. The van der Waals surface area contributed by atoms with Crippen molar-refractivity contribution in [1.29, 1.82) is 0 Å². The van der Waals surface area contributed by atoms with E-state index < -0.39 is 8.53 Å². The first-order chi connectivity index (χ1) is 8.90. The normalized spacial score (nSPS) is 14.1. The Morgan fingerprint density at radius 1 is 0.895 bits per heavy atom. The minimum Gasteiger partial charge on any atom is -0.325 e. The third-order valence-corrected chi connectivity index (χ3v) is 5.05. The van der Waals surface area contributed by atoms with Gasteiger partial charge in [-0.3, -0.25) is 0 Å². The predicted octanol–water partition coefficient (Wildman–Crippen LogP) is 5.21. The van der Waals surface area contributed by atoms with Crippen molar-refractivity contribution in [3.8, 4) is 0 Å². The summed E-state index contributed by atoms with van der Waals surface area (Å²) in [5.74, 6) is 0.814. The fourth-order valence-corrected chi connectivity index (χ4v) is 3.63. The van der Waals surface area contributed by atoms with Crippen LogP contribution in [0.25, 0.3) is 0 Å². The molecule has 0 N–H and O–H groups in total. The number of unbranched alkanes of at least 4 members (excludes halogenated alkanes) is 2. The standard InChI is InChI=1S/C15H34NO2P/c1-13(2)11-9-8-10-12-18-19(17-7)16(14(3)4)15(5)6/h13-15H,8-12H2,1-7H3. The van der Waals surface area contributed by atoms with Crippen LogP contribution in [0.1, 0.15) is 67.2 Å². The van der Waals surface area contributed by atoms with Crippen LogP contribution >= 0.6 is 8.53 Å². The summed E-state index contributed by atoms with van der Waals surface area (Å²) in [6, 6.07) is 0.902. The van der Waals surface area contributed by atoms with Crippen molar-refractivity contribution >= 4 is 8.53 Å². The van der Waals surface area contributed by atoms with Crippen molar-refractivity contribution < 1.29 is 9.05 Å². The van der Waals surface area contributed by atoms with Gasteiger partial charge in [-0.2, -0.15) is 0 Å². The number of hydrogen-bond donors (Lipinski definition) is 0. The van der Waals surface area contributed by atoms with Crippen molar-refractivity contribution in [3.05, 3.63) is 0 Å². The molecule has 0 aromatic rings. The highest BCUT2D eigenvalue weighted by atomic mass is 31.2. The predicted molar refractivity (Wildman–Crippen MR) is 85.3 cm³/mol. The zero-order valence-electron chi connectivity index (χ0n) is 14.0. The van der Waals surface area contributed by atoms with Crippen molar-refractivity contribution in [1.82, 2.24) is 4.67 Å². The zero-order chi connectivity index (χ0) is 14.8. The fraction of sp³-hybridized carbons (Fsp3) is 1.00. The molecule has 0 aliphatic heterocycles. The lowest BCUT2D eigenvalue weighted by Gasteiger charge is -2.34. The highest BCUT2D eigenvalue weighted by molar-refractivity contribution is 7.44. The number of rotatable bonds is 11. The van der Waals surface area contributed by atoms with Crippen LogP contribution < -0.4 is 0 Å². The molecule has 3 nitrogen and oxygen atoms in total. The van der Waals surface area contributed by atoms with Gasteiger partial charge < -0.3 is 9.05 Å². The molecule has 0 bridgehead atoms. The van der Waals surface area contributed by atoms with Crippen LogP contribution in [0.3, 0.4) is 0 Å². The van der Waals surface area contributed by atoms with E-state index in [0.717, 1.165) is 18.9 Å². The Bertz CT molecular complexity index is 202. The van der Waals surface area contributed by atoms with Crippen LogP contribution in [0.2, 0.25) is 0 Å². The lowest BCUT2D eigenvalue weighted by molar-refractivity contribution is 0.191. The molecule has 0 fully saturated rings. The van der Waals surface area contributed by atoms with E-state index in [2.05, 4.69) is 46.2 Å². The van der Waals surface area contributed by atoms with Crippen LogP contribution in [0.5, 0.6) is 0 Å². The van der Waals surface area contributed by atoms with Crippen molar-refractivity contribution in [2.75, 3.05) is 13.7 Å². The van der Waals surface area contributed by atoms with E-state index in [-0.39, 0.29) is 0 Å². The molecule has 4 heteroatoms. The fourth-order valence-electron chi connectivity index (χ4n) is 2.16. The Balaban J connectivity index is 3.92. The van der Waals surface area contributed by atoms with Crippen LogP contribution in [0, 0.1) is 5.92 Å². The van der Waals surface area contributed by atoms with Crippen molar-refractivity contribution in [2.45, 2.75) is 79.3 Å². The van der Waals surface area contributed by atoms with Gasteiger partial charge in [0.15, 0.2) is 0 Å². The topological polar surface area (TPSA) is 21.7 Å². The van der Waals surface area contributed by atoms with Gasteiger partial charge in [0.2, 0.25) is 0 Å². The first-order valence-electron chi connectivity index (χ1n) is 7.65. The second kappa shape index (κ2) is 11.0. The SMILES string of the molecule is COP(OCCCCCC(C)C)N(C(C)C)C(C)C. The van der Waals surface area contributed by atoms with Gasteiger partial charge in [0.05, 0.1) is 6.61 Å². The summed E-state index contributed by atoms with van der Waals surface area (Å²) in [5, 5.41) is 0. The molecule has 116 valence electrons. The maximum atomic E-state index is 5.95. The minimum atomic E-state index is -0.901. The molecule has 0 aliphatic carbocycles. The third-order valence-electron chi connectivity index (χ3n) is 3.03. The van der Waals surface area contributed by atoms with Gasteiger partial charge >= 0.3 is 0 Å². The summed E-state index contributed by atoms with van der Waals surface area (Å²) in [6.07, 6.45) is 5.03. The molecule has 0 radical (unpaired) electrons. The molecule has 19 heavy (non-hydrogen) atoms. The Morgan fingerprint density at radius 3 is 1.89 bits per heavy atom. The summed E-state index contributed by atoms with van der Waals surface area (Å²) >= 11 is 0. The largest absolute Gasteiger partial charge is 0.325 e. The van der Waals surface area contributed by atoms with E-state index in [4.69, 9.17) is 9.05 Å². The Kier molecular flexibility index (Phi) is 11.2. The molecular formula is C15H34NO2P. The minimum absolute atomic E-state index is 0.451. The summed E-state index contributed by atoms with van der Waals surface area (Å²) in [4.78, 5) is 0. The summed E-state index contributed by atoms with van der Waals surface area (Å²) in [6.45, 7) is 14.2. The van der Waals surface area contributed by atoms with Crippen molar-refractivity contribution in [3.63, 3.8) is 0 Å². The maximum absolute atomic E-state index is 5.95. The molecule has 0 rings (SSSR count). The van der Waals surface area contributed by atoms with Gasteiger partial charge in [-0.1, -0.05) is 33.1 Å². The van der Waals surface area contributed by atoms with Gasteiger partial charge in [0.1, 0.15) is 0 Å². The second-order valence-corrected chi connectivity index (χ2v) is 7.63. The molecule has 0 spiro atoms. The molecule has 0 aromatic heterocycles. The van der Waals surface area contributed by atoms with Gasteiger partial charge in [-0.15, -0.1) is 0 Å². The second-order valence-electron chi connectivity index (χ2n) is 6.06. The monoisotopic (exact) mass is 291 g/mol. The lowest BCUT2D eigenvalue weighted by Crippen LogP contribution is -2.33. The first kappa shape index (κ1) is 19.3. The Labute approximate surface area is 122 Å². The highest BCUT2D eigenvalue weighted by Crippen LogP contribution is 2.45. The quantitative estimate of drug-likeness (QED) is 0.385. The molecule has 0 aliphatic rings. The van der Waals surface area contributed by atoms with Gasteiger partial charge in [0.25, 0.3) is 8.53 Å². The lowest BCUT2D eigenvalue weighted by atomic mass is 10.1. The van der Waals surface area contributed by atoms with Crippen LogP contribution in [0.4, 0.5) is 0 Å². The smallest absolute Gasteiger partial charge is 0.258 e. The van der Waals surface area contributed by atoms with Gasteiger partial charge in [-0.25, -0.2) is 4.67 Å². The summed E-state index contributed by atoms with van der Waals surface area (Å²) < 4.78 is 13.8. The van der Waals surface area contributed by atoms with E-state index >= 15 is 0 Å². The van der Waals surface area contributed by atoms with Crippen LogP contribution in [0.15, 0.2) is 0 Å². The van der Waals surface area contributed by atoms with E-state index in [1.54, 1.807) is 7.11 Å². The van der Waals surface area contributed by atoms with Gasteiger partial charge in [-0.05, 0) is 40.0 Å². The molecule has 1 unspecified atom stereocenters. The zero-order valence-corrected chi connectivity index (χ0v) is 14.9. The van der Waals surface area contributed by atoms with Crippen LogP contribution in [-0.4, -0.2) is 30.5 Å². The first-order valence-corrected chi connectivity index (χ1v) is 8.78. The van der Waals surface area contributed by atoms with Crippen LogP contribution in [-0.2, 0) is 9.05 Å². The molecular weight excluding hydrogens is 257 g/mol. The van der Waals surface area contributed by atoms with E-state index in [9.17, 15) is 0 Å². The molecule has 0 saturated carbocycles. The molecule has 1 atom stereocenters.